The fourth-order valence-corrected chi connectivity index (χ4v) is 2.53. The van der Waals surface area contributed by atoms with Gasteiger partial charge in [0.25, 0.3) is 0 Å². The van der Waals surface area contributed by atoms with E-state index in [0.29, 0.717) is 6.04 Å². The van der Waals surface area contributed by atoms with E-state index in [2.05, 4.69) is 33.4 Å². The average Bonchev–Trinajstić information content (AvgIpc) is 2.50. The van der Waals surface area contributed by atoms with Gasteiger partial charge in [-0.15, -0.1) is 12.4 Å². The van der Waals surface area contributed by atoms with E-state index >= 15 is 0 Å². The summed E-state index contributed by atoms with van der Waals surface area (Å²) >= 11 is 9.59. The minimum atomic E-state index is 0. The van der Waals surface area contributed by atoms with Gasteiger partial charge in [0.1, 0.15) is 0 Å². The van der Waals surface area contributed by atoms with Crippen LogP contribution in [-0.2, 0) is 0 Å². The van der Waals surface area contributed by atoms with Crippen LogP contribution < -0.4 is 5.32 Å². The van der Waals surface area contributed by atoms with Crippen LogP contribution in [0.3, 0.4) is 0 Å². The van der Waals surface area contributed by atoms with Crippen LogP contribution in [0.4, 0.5) is 0 Å². The number of rotatable bonds is 1. The number of hydrogen-bond donors (Lipinski definition) is 1. The molecule has 1 heterocycles. The highest BCUT2D eigenvalue weighted by Crippen LogP contribution is 2.29. The monoisotopic (exact) mass is 321 g/mol. The Bertz CT molecular complexity index is 369. The van der Waals surface area contributed by atoms with E-state index in [1.54, 1.807) is 0 Å². The van der Waals surface area contributed by atoms with Crippen molar-refractivity contribution < 1.29 is 0 Å². The summed E-state index contributed by atoms with van der Waals surface area (Å²) in [6.45, 7) is 0.934. The van der Waals surface area contributed by atoms with Gasteiger partial charge in [0.15, 0.2) is 0 Å². The van der Waals surface area contributed by atoms with Crippen molar-refractivity contribution in [3.63, 3.8) is 0 Å². The topological polar surface area (TPSA) is 12.0 Å². The predicted molar refractivity (Wildman–Crippen MR) is 75.5 cm³/mol. The summed E-state index contributed by atoms with van der Waals surface area (Å²) in [6, 6.07) is 6.35. The smallest absolute Gasteiger partial charge is 0.0410 e. The first kappa shape index (κ1) is 14.0. The molecule has 1 atom stereocenters. The molecule has 1 aromatic carbocycles. The van der Waals surface area contributed by atoms with Crippen LogP contribution in [0.1, 0.15) is 24.4 Å². The van der Waals surface area contributed by atoms with E-state index in [9.17, 15) is 0 Å². The molecule has 2 rings (SSSR count). The van der Waals surface area contributed by atoms with Crippen LogP contribution in [-0.4, -0.2) is 6.54 Å². The Kier molecular flexibility index (Phi) is 5.84. The number of allylic oxidation sites excluding steroid dienone is 1. The van der Waals surface area contributed by atoms with Gasteiger partial charge in [0.2, 0.25) is 0 Å². The maximum absolute atomic E-state index is 6.01. The molecule has 1 aromatic rings. The van der Waals surface area contributed by atoms with Crippen LogP contribution in [0.5, 0.6) is 0 Å². The van der Waals surface area contributed by atoms with Crippen molar-refractivity contribution in [1.29, 1.82) is 0 Å². The van der Waals surface area contributed by atoms with Gasteiger partial charge >= 0.3 is 0 Å². The van der Waals surface area contributed by atoms with Gasteiger partial charge in [-0.25, -0.2) is 0 Å². The molecule has 0 saturated carbocycles. The normalized spacial score (nSPS) is 20.0. The number of benzene rings is 1. The van der Waals surface area contributed by atoms with Crippen molar-refractivity contribution in [2.45, 2.75) is 18.9 Å². The van der Waals surface area contributed by atoms with E-state index in [1.807, 2.05) is 18.2 Å². The second kappa shape index (κ2) is 6.65. The highest BCUT2D eigenvalue weighted by Gasteiger charge is 2.14. The molecule has 0 aromatic heterocycles. The fourth-order valence-electron chi connectivity index (χ4n) is 1.82. The van der Waals surface area contributed by atoms with Crippen LogP contribution in [0, 0.1) is 0 Å². The zero-order valence-electron chi connectivity index (χ0n) is 8.75. The lowest BCUT2D eigenvalue weighted by molar-refractivity contribution is 0.542. The van der Waals surface area contributed by atoms with E-state index in [4.69, 9.17) is 11.6 Å². The first-order chi connectivity index (χ1) is 7.27. The van der Waals surface area contributed by atoms with Crippen LogP contribution >= 0.6 is 39.9 Å². The van der Waals surface area contributed by atoms with Crippen LogP contribution in [0.25, 0.3) is 0 Å². The Morgan fingerprint density at radius 1 is 1.31 bits per heavy atom. The summed E-state index contributed by atoms with van der Waals surface area (Å²) in [5, 5.41) is 4.29. The summed E-state index contributed by atoms with van der Waals surface area (Å²) in [4.78, 5) is 0. The highest BCUT2D eigenvalue weighted by atomic mass is 79.9. The largest absolute Gasteiger partial charge is 0.306 e. The third-order valence-electron chi connectivity index (χ3n) is 2.60. The molecule has 88 valence electrons. The van der Waals surface area contributed by atoms with Crippen molar-refractivity contribution in [2.75, 3.05) is 6.54 Å². The molecule has 0 spiro atoms. The van der Waals surface area contributed by atoms with Crippen LogP contribution in [0.2, 0.25) is 5.02 Å². The summed E-state index contributed by atoms with van der Waals surface area (Å²) in [5.41, 5.74) is 1.26. The van der Waals surface area contributed by atoms with Gasteiger partial charge in [0, 0.05) is 22.1 Å². The van der Waals surface area contributed by atoms with E-state index in [0.717, 1.165) is 28.9 Å². The molecule has 1 aliphatic rings. The molecule has 0 amide bonds. The number of hydrogen-bond acceptors (Lipinski definition) is 1. The van der Waals surface area contributed by atoms with Crippen LogP contribution in [0.15, 0.2) is 34.8 Å². The van der Waals surface area contributed by atoms with Crippen molar-refractivity contribution in [1.82, 2.24) is 5.32 Å². The second-order valence-electron chi connectivity index (χ2n) is 3.68. The lowest BCUT2D eigenvalue weighted by Crippen LogP contribution is -2.20. The quantitative estimate of drug-likeness (QED) is 0.750. The molecule has 0 fully saturated rings. The average molecular weight is 323 g/mol. The van der Waals surface area contributed by atoms with E-state index in [1.165, 1.54) is 5.56 Å². The lowest BCUT2D eigenvalue weighted by atomic mass is 10.0. The van der Waals surface area contributed by atoms with Crippen molar-refractivity contribution in [3.05, 3.63) is 45.4 Å². The molecule has 0 aliphatic carbocycles. The van der Waals surface area contributed by atoms with Crippen molar-refractivity contribution in [2.24, 2.45) is 0 Å². The number of halogens is 3. The Morgan fingerprint density at radius 2 is 2.12 bits per heavy atom. The standard InChI is InChI=1S/C12H13BrClN.ClH/c13-11-6-5-9(14)8-10(11)12-4-2-1-3-7-15-12;/h1,3,5-6,8,12,15H,2,4,7H2;1H/t12-;/m1./s1. The minimum absolute atomic E-state index is 0. The van der Waals surface area contributed by atoms with Crippen molar-refractivity contribution >= 4 is 39.9 Å². The van der Waals surface area contributed by atoms with Gasteiger partial charge in [0.05, 0.1) is 0 Å². The Balaban J connectivity index is 0.00000128. The van der Waals surface area contributed by atoms with E-state index < -0.39 is 0 Å². The molecule has 0 bridgehead atoms. The summed E-state index contributed by atoms with van der Waals surface area (Å²) < 4.78 is 1.13. The molecule has 16 heavy (non-hydrogen) atoms. The molecule has 1 nitrogen and oxygen atoms in total. The maximum atomic E-state index is 6.01. The van der Waals surface area contributed by atoms with Crippen molar-refractivity contribution in [3.8, 4) is 0 Å². The SMILES string of the molecule is Cl.Clc1ccc(Br)c([C@H]2CCC=CCN2)c1. The Morgan fingerprint density at radius 3 is 2.94 bits per heavy atom. The fraction of sp³-hybridized carbons (Fsp3) is 0.333. The van der Waals surface area contributed by atoms with Gasteiger partial charge in [-0.1, -0.05) is 39.7 Å². The molecular weight excluding hydrogens is 309 g/mol. The van der Waals surface area contributed by atoms with Gasteiger partial charge in [-0.3, -0.25) is 0 Å². The molecule has 1 N–H and O–H groups in total. The van der Waals surface area contributed by atoms with Gasteiger partial charge < -0.3 is 5.32 Å². The molecule has 4 heteroatoms. The lowest BCUT2D eigenvalue weighted by Gasteiger charge is -2.18. The second-order valence-corrected chi connectivity index (χ2v) is 4.97. The highest BCUT2D eigenvalue weighted by molar-refractivity contribution is 9.10. The van der Waals surface area contributed by atoms with Gasteiger partial charge in [-0.05, 0) is 36.6 Å². The Hall–Kier alpha value is -0.0200. The molecule has 0 unspecified atom stereocenters. The molecule has 0 saturated heterocycles. The zero-order chi connectivity index (χ0) is 10.7. The third kappa shape index (κ3) is 3.49. The molecule has 1 aliphatic heterocycles. The molecular formula is C12H14BrCl2N. The predicted octanol–water partition coefficient (Wildman–Crippen LogP) is 4.51. The molecule has 0 radical (unpaired) electrons. The number of nitrogens with one attached hydrogen (secondary N) is 1. The summed E-state index contributed by atoms with van der Waals surface area (Å²) in [7, 11) is 0. The minimum Gasteiger partial charge on any atom is -0.306 e. The summed E-state index contributed by atoms with van der Waals surface area (Å²) in [6.07, 6.45) is 6.65. The zero-order valence-corrected chi connectivity index (χ0v) is 11.9. The summed E-state index contributed by atoms with van der Waals surface area (Å²) in [5.74, 6) is 0. The first-order valence-corrected chi connectivity index (χ1v) is 6.28. The van der Waals surface area contributed by atoms with E-state index in [-0.39, 0.29) is 12.4 Å². The maximum Gasteiger partial charge on any atom is 0.0410 e. The van der Waals surface area contributed by atoms with Gasteiger partial charge in [-0.2, -0.15) is 0 Å². The Labute approximate surface area is 116 Å². The first-order valence-electron chi connectivity index (χ1n) is 5.10. The third-order valence-corrected chi connectivity index (χ3v) is 3.56.